The summed E-state index contributed by atoms with van der Waals surface area (Å²) in [5, 5.41) is 10.6. The van der Waals surface area contributed by atoms with Gasteiger partial charge in [0.05, 0.1) is 24.2 Å². The molecule has 0 amide bonds. The van der Waals surface area contributed by atoms with Crippen LogP contribution in [0.4, 0.5) is 20.2 Å². The molecule has 0 radical (unpaired) electrons. The molecule has 1 aromatic rings. The maximum absolute atomic E-state index is 12.6. The molecule has 0 aromatic carbocycles. The molecule has 1 aliphatic heterocycles. The minimum absolute atomic E-state index is 0.147. The first-order valence-corrected chi connectivity index (χ1v) is 4.21. The Labute approximate surface area is 83.5 Å². The van der Waals surface area contributed by atoms with Crippen LogP contribution in [0.25, 0.3) is 0 Å². The number of hydrogen-bond acceptors (Lipinski definition) is 4. The summed E-state index contributed by atoms with van der Waals surface area (Å²) in [7, 11) is 0. The SMILES string of the molecule is O=[N+]([O-])c1ccncc1N1CC(F)(F)C1. The van der Waals surface area contributed by atoms with Crippen molar-refractivity contribution in [3.63, 3.8) is 0 Å². The third-order valence-corrected chi connectivity index (χ3v) is 2.16. The highest BCUT2D eigenvalue weighted by Crippen LogP contribution is 2.36. The lowest BCUT2D eigenvalue weighted by Gasteiger charge is -2.39. The fourth-order valence-electron chi connectivity index (χ4n) is 1.46. The van der Waals surface area contributed by atoms with Crippen molar-refractivity contribution in [3.8, 4) is 0 Å². The molecule has 5 nitrogen and oxygen atoms in total. The molecule has 0 N–H and O–H groups in total. The number of nitrogens with zero attached hydrogens (tertiary/aromatic N) is 3. The molecule has 0 spiro atoms. The van der Waals surface area contributed by atoms with E-state index in [1.807, 2.05) is 0 Å². The highest BCUT2D eigenvalue weighted by Gasteiger charge is 2.45. The van der Waals surface area contributed by atoms with E-state index in [9.17, 15) is 18.9 Å². The second-order valence-corrected chi connectivity index (χ2v) is 3.33. The molecule has 1 aliphatic rings. The van der Waals surface area contributed by atoms with Crippen LogP contribution in [-0.4, -0.2) is 28.9 Å². The average Bonchev–Trinajstić information content (AvgIpc) is 2.14. The van der Waals surface area contributed by atoms with Crippen molar-refractivity contribution in [2.45, 2.75) is 5.92 Å². The minimum atomic E-state index is -2.75. The molecule has 2 heterocycles. The van der Waals surface area contributed by atoms with Crippen molar-refractivity contribution >= 4 is 11.4 Å². The van der Waals surface area contributed by atoms with Crippen LogP contribution in [0.1, 0.15) is 0 Å². The van der Waals surface area contributed by atoms with Crippen LogP contribution in [0.2, 0.25) is 0 Å². The first-order chi connectivity index (χ1) is 6.99. The minimum Gasteiger partial charge on any atom is -0.352 e. The summed E-state index contributed by atoms with van der Waals surface area (Å²) in [6, 6.07) is 1.20. The Balaban J connectivity index is 2.26. The molecule has 0 saturated carbocycles. The van der Waals surface area contributed by atoms with Gasteiger partial charge in [-0.25, -0.2) is 8.78 Å². The first-order valence-electron chi connectivity index (χ1n) is 4.21. The Morgan fingerprint density at radius 3 is 2.73 bits per heavy atom. The number of aromatic nitrogens is 1. The topological polar surface area (TPSA) is 59.3 Å². The third kappa shape index (κ3) is 1.72. The molecule has 1 saturated heterocycles. The van der Waals surface area contributed by atoms with E-state index in [1.165, 1.54) is 23.4 Å². The highest BCUT2D eigenvalue weighted by molar-refractivity contribution is 5.63. The van der Waals surface area contributed by atoms with E-state index in [1.54, 1.807) is 0 Å². The Morgan fingerprint density at radius 1 is 1.53 bits per heavy atom. The molecule has 0 aliphatic carbocycles. The smallest absolute Gasteiger partial charge is 0.295 e. The average molecular weight is 215 g/mol. The summed E-state index contributed by atoms with van der Waals surface area (Å²) < 4.78 is 25.1. The fraction of sp³-hybridized carbons (Fsp3) is 0.375. The summed E-state index contributed by atoms with van der Waals surface area (Å²) in [5.41, 5.74) is -0.0473. The van der Waals surface area contributed by atoms with Crippen LogP contribution in [0.15, 0.2) is 18.5 Å². The predicted molar refractivity (Wildman–Crippen MR) is 48.1 cm³/mol. The van der Waals surface area contributed by atoms with E-state index in [0.29, 0.717) is 0 Å². The van der Waals surface area contributed by atoms with Gasteiger partial charge >= 0.3 is 0 Å². The van der Waals surface area contributed by atoms with Crippen LogP contribution < -0.4 is 4.90 Å². The van der Waals surface area contributed by atoms with E-state index in [4.69, 9.17) is 0 Å². The molecule has 0 unspecified atom stereocenters. The third-order valence-electron chi connectivity index (χ3n) is 2.16. The molecule has 1 aromatic heterocycles. The molecule has 0 atom stereocenters. The summed E-state index contributed by atoms with van der Waals surface area (Å²) in [5.74, 6) is -2.75. The molecule has 1 fully saturated rings. The van der Waals surface area contributed by atoms with Crippen LogP contribution in [0.3, 0.4) is 0 Å². The van der Waals surface area contributed by atoms with Gasteiger partial charge in [-0.3, -0.25) is 15.1 Å². The van der Waals surface area contributed by atoms with Gasteiger partial charge in [-0.15, -0.1) is 0 Å². The second kappa shape index (κ2) is 3.11. The molecule has 80 valence electrons. The fourth-order valence-corrected chi connectivity index (χ4v) is 1.46. The van der Waals surface area contributed by atoms with Crippen molar-refractivity contribution in [2.75, 3.05) is 18.0 Å². The lowest BCUT2D eigenvalue weighted by Crippen LogP contribution is -2.56. The van der Waals surface area contributed by atoms with Crippen molar-refractivity contribution in [2.24, 2.45) is 0 Å². The van der Waals surface area contributed by atoms with Gasteiger partial charge in [0.1, 0.15) is 5.69 Å². The number of pyridine rings is 1. The van der Waals surface area contributed by atoms with Crippen LogP contribution in [-0.2, 0) is 0 Å². The van der Waals surface area contributed by atoms with Gasteiger partial charge in [-0.05, 0) is 0 Å². The van der Waals surface area contributed by atoms with Gasteiger partial charge < -0.3 is 4.90 Å². The molecule has 2 rings (SSSR count). The second-order valence-electron chi connectivity index (χ2n) is 3.33. The normalized spacial score (nSPS) is 18.4. The maximum Gasteiger partial charge on any atom is 0.295 e. The van der Waals surface area contributed by atoms with Gasteiger partial charge in [-0.2, -0.15) is 0 Å². The predicted octanol–water partition coefficient (Wildman–Crippen LogP) is 1.45. The van der Waals surface area contributed by atoms with Crippen molar-refractivity contribution in [1.82, 2.24) is 4.98 Å². The summed E-state index contributed by atoms with van der Waals surface area (Å²) in [4.78, 5) is 14.9. The van der Waals surface area contributed by atoms with Crippen molar-refractivity contribution < 1.29 is 13.7 Å². The van der Waals surface area contributed by atoms with Crippen molar-refractivity contribution in [3.05, 3.63) is 28.6 Å². The Kier molecular flexibility index (Phi) is 2.02. The van der Waals surface area contributed by atoms with Crippen molar-refractivity contribution in [1.29, 1.82) is 0 Å². The van der Waals surface area contributed by atoms with Gasteiger partial charge in [-0.1, -0.05) is 0 Å². The number of anilines is 1. The van der Waals surface area contributed by atoms with E-state index < -0.39 is 23.9 Å². The summed E-state index contributed by atoms with van der Waals surface area (Å²) in [6.07, 6.45) is 2.49. The quantitative estimate of drug-likeness (QED) is 0.553. The van der Waals surface area contributed by atoms with Gasteiger partial charge in [0, 0.05) is 12.3 Å². The standard InChI is InChI=1S/C8H7F2N3O2/c9-8(10)4-12(5-8)7-3-11-2-1-6(7)13(14)15/h1-3H,4-5H2. The van der Waals surface area contributed by atoms with Gasteiger partial charge in [0.15, 0.2) is 0 Å². The van der Waals surface area contributed by atoms with E-state index in [0.717, 1.165) is 0 Å². The monoisotopic (exact) mass is 215 g/mol. The zero-order valence-electron chi connectivity index (χ0n) is 7.56. The van der Waals surface area contributed by atoms with Crippen LogP contribution in [0, 0.1) is 10.1 Å². The Bertz CT molecular complexity index is 403. The van der Waals surface area contributed by atoms with Crippen LogP contribution >= 0.6 is 0 Å². The first kappa shape index (κ1) is 9.75. The summed E-state index contributed by atoms with van der Waals surface area (Å²) >= 11 is 0. The van der Waals surface area contributed by atoms with Gasteiger partial charge in [0.25, 0.3) is 11.6 Å². The number of rotatable bonds is 2. The zero-order valence-corrected chi connectivity index (χ0v) is 7.56. The van der Waals surface area contributed by atoms with Gasteiger partial charge in [0.2, 0.25) is 0 Å². The molecular weight excluding hydrogens is 208 g/mol. The molecule has 7 heteroatoms. The lowest BCUT2D eigenvalue weighted by atomic mass is 10.1. The zero-order chi connectivity index (χ0) is 11.1. The lowest BCUT2D eigenvalue weighted by molar-refractivity contribution is -0.384. The largest absolute Gasteiger partial charge is 0.352 e. The molecule has 15 heavy (non-hydrogen) atoms. The Morgan fingerprint density at radius 2 is 2.20 bits per heavy atom. The molecular formula is C8H7F2N3O2. The van der Waals surface area contributed by atoms with E-state index in [2.05, 4.69) is 4.98 Å². The highest BCUT2D eigenvalue weighted by atomic mass is 19.3. The number of nitro groups is 1. The Hall–Kier alpha value is -1.79. The van der Waals surface area contributed by atoms with E-state index in [-0.39, 0.29) is 11.4 Å². The maximum atomic E-state index is 12.6. The van der Waals surface area contributed by atoms with Crippen LogP contribution in [0.5, 0.6) is 0 Å². The number of hydrogen-bond donors (Lipinski definition) is 0. The number of halogens is 2. The summed E-state index contributed by atoms with van der Waals surface area (Å²) in [6.45, 7) is -0.973. The molecule has 0 bridgehead atoms. The number of alkyl halides is 2. The van der Waals surface area contributed by atoms with E-state index >= 15 is 0 Å².